The Bertz CT molecular complexity index is 123. The first kappa shape index (κ1) is 10.4. The third-order valence-electron chi connectivity index (χ3n) is 1.97. The number of hydrogen-bond acceptors (Lipinski definition) is 2. The van der Waals surface area contributed by atoms with Crippen molar-refractivity contribution in [1.82, 2.24) is 0 Å². The Balaban J connectivity index is 3.61. The maximum absolute atomic E-state index is 10.4. The van der Waals surface area contributed by atoms with Crippen LogP contribution < -0.4 is 5.73 Å². The molecule has 3 nitrogen and oxygen atoms in total. The summed E-state index contributed by atoms with van der Waals surface area (Å²) in [6, 6.07) is 0. The van der Waals surface area contributed by atoms with Crippen molar-refractivity contribution >= 4 is 5.91 Å². The molecule has 0 aliphatic carbocycles. The van der Waals surface area contributed by atoms with Crippen LogP contribution in [0, 0.1) is 5.92 Å². The molecule has 1 amide bonds. The van der Waals surface area contributed by atoms with Crippen LogP contribution in [-0.2, 0) is 4.79 Å². The fourth-order valence-corrected chi connectivity index (χ4v) is 1.11. The van der Waals surface area contributed by atoms with Gasteiger partial charge in [-0.1, -0.05) is 13.3 Å². The maximum Gasteiger partial charge on any atom is 0.217 e. The average molecular weight is 159 g/mol. The fourth-order valence-electron chi connectivity index (χ4n) is 1.11. The number of primary amides is 1. The van der Waals surface area contributed by atoms with Gasteiger partial charge in [0.1, 0.15) is 0 Å². The second-order valence-corrected chi connectivity index (χ2v) is 2.91. The molecule has 0 aromatic rings. The highest BCUT2D eigenvalue weighted by Crippen LogP contribution is 2.14. The van der Waals surface area contributed by atoms with E-state index in [4.69, 9.17) is 5.73 Å². The summed E-state index contributed by atoms with van der Waals surface area (Å²) in [6.45, 7) is 3.74. The topological polar surface area (TPSA) is 63.3 Å². The monoisotopic (exact) mass is 159 g/mol. The van der Waals surface area contributed by atoms with Crippen molar-refractivity contribution in [3.8, 4) is 0 Å². The molecule has 0 spiro atoms. The molecular formula is C8H17NO2. The molecule has 66 valence electrons. The molecule has 0 aromatic heterocycles. The van der Waals surface area contributed by atoms with Crippen LogP contribution in [0.15, 0.2) is 0 Å². The number of rotatable bonds is 5. The van der Waals surface area contributed by atoms with E-state index in [1.165, 1.54) is 0 Å². The summed E-state index contributed by atoms with van der Waals surface area (Å²) in [5.41, 5.74) is 4.98. The van der Waals surface area contributed by atoms with Gasteiger partial charge in [-0.15, -0.1) is 0 Å². The van der Waals surface area contributed by atoms with Gasteiger partial charge in [0.05, 0.1) is 6.10 Å². The minimum Gasteiger partial charge on any atom is -0.393 e. The normalized spacial score (nSPS) is 15.9. The number of aliphatic hydroxyl groups excluding tert-OH is 1. The van der Waals surface area contributed by atoms with Gasteiger partial charge in [-0.2, -0.15) is 0 Å². The average Bonchev–Trinajstić information content (AvgIpc) is 1.87. The highest BCUT2D eigenvalue weighted by atomic mass is 16.3. The van der Waals surface area contributed by atoms with Crippen molar-refractivity contribution in [1.29, 1.82) is 0 Å². The summed E-state index contributed by atoms with van der Waals surface area (Å²) in [7, 11) is 0. The van der Waals surface area contributed by atoms with Gasteiger partial charge in [0.25, 0.3) is 0 Å². The van der Waals surface area contributed by atoms with Crippen molar-refractivity contribution in [3.63, 3.8) is 0 Å². The smallest absolute Gasteiger partial charge is 0.217 e. The number of nitrogens with two attached hydrogens (primary N) is 1. The summed E-state index contributed by atoms with van der Waals surface area (Å²) < 4.78 is 0. The zero-order valence-corrected chi connectivity index (χ0v) is 7.21. The Hall–Kier alpha value is -0.570. The number of hydrogen-bond donors (Lipinski definition) is 2. The van der Waals surface area contributed by atoms with E-state index in [-0.39, 0.29) is 17.9 Å². The lowest BCUT2D eigenvalue weighted by Gasteiger charge is -2.16. The van der Waals surface area contributed by atoms with Crippen molar-refractivity contribution in [3.05, 3.63) is 0 Å². The van der Waals surface area contributed by atoms with Crippen LogP contribution in [0.1, 0.15) is 33.1 Å². The predicted molar refractivity (Wildman–Crippen MR) is 43.9 cm³/mol. The van der Waals surface area contributed by atoms with Crippen LogP contribution in [0.2, 0.25) is 0 Å². The fraction of sp³-hybridized carbons (Fsp3) is 0.875. The first-order chi connectivity index (χ1) is 5.07. The van der Waals surface area contributed by atoms with Gasteiger partial charge in [-0.05, 0) is 19.3 Å². The van der Waals surface area contributed by atoms with Crippen LogP contribution in [0.4, 0.5) is 0 Å². The van der Waals surface area contributed by atoms with Gasteiger partial charge in [-0.3, -0.25) is 4.79 Å². The molecule has 0 fully saturated rings. The molecule has 0 aliphatic heterocycles. The quantitative estimate of drug-likeness (QED) is 0.619. The van der Waals surface area contributed by atoms with Gasteiger partial charge in [0, 0.05) is 6.42 Å². The second kappa shape index (κ2) is 5.13. The molecule has 3 heteroatoms. The summed E-state index contributed by atoms with van der Waals surface area (Å²) in [4.78, 5) is 10.4. The van der Waals surface area contributed by atoms with Crippen LogP contribution >= 0.6 is 0 Å². The molecule has 2 atom stereocenters. The number of carbonyl (C=O) groups excluding carboxylic acids is 1. The molecular weight excluding hydrogens is 142 g/mol. The van der Waals surface area contributed by atoms with E-state index in [0.29, 0.717) is 12.8 Å². The molecule has 0 saturated heterocycles. The zero-order valence-electron chi connectivity index (χ0n) is 7.21. The summed E-state index contributed by atoms with van der Waals surface area (Å²) in [5.74, 6) is -0.0772. The molecule has 0 saturated carbocycles. The molecule has 0 aliphatic rings. The maximum atomic E-state index is 10.4. The van der Waals surface area contributed by atoms with Gasteiger partial charge < -0.3 is 10.8 Å². The molecule has 0 rings (SSSR count). The van der Waals surface area contributed by atoms with E-state index in [9.17, 15) is 9.90 Å². The van der Waals surface area contributed by atoms with Crippen molar-refractivity contribution in [2.24, 2.45) is 11.7 Å². The predicted octanol–water partition coefficient (Wildman–Crippen LogP) is 0.659. The van der Waals surface area contributed by atoms with Gasteiger partial charge in [0.2, 0.25) is 5.91 Å². The van der Waals surface area contributed by atoms with E-state index in [0.717, 1.165) is 6.42 Å². The van der Waals surface area contributed by atoms with Crippen LogP contribution in [0.3, 0.4) is 0 Å². The molecule has 0 aromatic carbocycles. The van der Waals surface area contributed by atoms with E-state index >= 15 is 0 Å². The Morgan fingerprint density at radius 3 is 2.45 bits per heavy atom. The third-order valence-corrected chi connectivity index (χ3v) is 1.97. The van der Waals surface area contributed by atoms with Crippen LogP contribution in [0.25, 0.3) is 0 Å². The largest absolute Gasteiger partial charge is 0.393 e. The number of carbonyl (C=O) groups is 1. The van der Waals surface area contributed by atoms with Crippen molar-refractivity contribution in [2.45, 2.75) is 39.2 Å². The first-order valence-electron chi connectivity index (χ1n) is 4.04. The molecule has 0 heterocycles. The lowest BCUT2D eigenvalue weighted by Crippen LogP contribution is -2.19. The summed E-state index contributed by atoms with van der Waals surface area (Å²) >= 11 is 0. The Morgan fingerprint density at radius 1 is 1.64 bits per heavy atom. The highest BCUT2D eigenvalue weighted by Gasteiger charge is 2.12. The highest BCUT2D eigenvalue weighted by molar-refractivity contribution is 5.73. The third kappa shape index (κ3) is 4.79. The molecule has 2 unspecified atom stereocenters. The minimum atomic E-state index is -0.334. The Morgan fingerprint density at radius 2 is 2.18 bits per heavy atom. The molecule has 0 bridgehead atoms. The first-order valence-corrected chi connectivity index (χ1v) is 4.04. The Kier molecular flexibility index (Phi) is 4.86. The molecule has 0 radical (unpaired) electrons. The van der Waals surface area contributed by atoms with E-state index in [1.54, 1.807) is 6.92 Å². The summed E-state index contributed by atoms with van der Waals surface area (Å²) in [5, 5.41) is 9.17. The lowest BCUT2D eigenvalue weighted by atomic mass is 9.95. The summed E-state index contributed by atoms with van der Waals surface area (Å²) in [6.07, 6.45) is 1.64. The van der Waals surface area contributed by atoms with Crippen molar-refractivity contribution in [2.75, 3.05) is 0 Å². The van der Waals surface area contributed by atoms with Crippen LogP contribution in [-0.4, -0.2) is 17.1 Å². The van der Waals surface area contributed by atoms with E-state index in [2.05, 4.69) is 0 Å². The SMILES string of the molecule is CCC(CCC(N)=O)C(C)O. The van der Waals surface area contributed by atoms with Gasteiger partial charge in [0.15, 0.2) is 0 Å². The van der Waals surface area contributed by atoms with Gasteiger partial charge >= 0.3 is 0 Å². The van der Waals surface area contributed by atoms with Crippen molar-refractivity contribution < 1.29 is 9.90 Å². The Labute approximate surface area is 67.6 Å². The van der Waals surface area contributed by atoms with Crippen LogP contribution in [0.5, 0.6) is 0 Å². The van der Waals surface area contributed by atoms with E-state index in [1.807, 2.05) is 6.92 Å². The molecule has 11 heavy (non-hydrogen) atoms. The van der Waals surface area contributed by atoms with Gasteiger partial charge in [-0.25, -0.2) is 0 Å². The minimum absolute atomic E-state index is 0.211. The lowest BCUT2D eigenvalue weighted by molar-refractivity contribution is -0.118. The van der Waals surface area contributed by atoms with E-state index < -0.39 is 0 Å². The second-order valence-electron chi connectivity index (χ2n) is 2.91. The zero-order chi connectivity index (χ0) is 8.85. The number of aliphatic hydroxyl groups is 1. The standard InChI is InChI=1S/C8H17NO2/c1-3-7(6(2)10)4-5-8(9)11/h6-7,10H,3-5H2,1-2H3,(H2,9,11). The number of amides is 1. The molecule has 3 N–H and O–H groups in total.